The fraction of sp³-hybridized carbons (Fsp3) is 0.357. The Morgan fingerprint density at radius 3 is 2.76 bits per heavy atom. The Balaban J connectivity index is 1.86. The molecule has 0 unspecified atom stereocenters. The summed E-state index contributed by atoms with van der Waals surface area (Å²) >= 11 is 0. The Morgan fingerprint density at radius 2 is 2.14 bits per heavy atom. The van der Waals surface area contributed by atoms with Gasteiger partial charge in [0.1, 0.15) is 5.75 Å². The molecule has 0 radical (unpaired) electrons. The van der Waals surface area contributed by atoms with Gasteiger partial charge in [-0.05, 0) is 24.3 Å². The topological polar surface area (TPSA) is 99.9 Å². The first-order valence-electron chi connectivity index (χ1n) is 6.35. The maximum Gasteiger partial charge on any atom is 0.334 e. The highest BCUT2D eigenvalue weighted by Gasteiger charge is 2.28. The van der Waals surface area contributed by atoms with Crippen molar-refractivity contribution < 1.29 is 24.2 Å². The van der Waals surface area contributed by atoms with Crippen LogP contribution in [-0.4, -0.2) is 54.3 Å². The van der Waals surface area contributed by atoms with Crippen LogP contribution in [0, 0.1) is 11.3 Å². The summed E-state index contributed by atoms with van der Waals surface area (Å²) in [4.78, 5) is 24.2. The molecule has 1 aromatic carbocycles. The fourth-order valence-corrected chi connectivity index (χ4v) is 1.89. The Hall–Kier alpha value is -2.59. The second-order valence-corrected chi connectivity index (χ2v) is 4.46. The van der Waals surface area contributed by atoms with E-state index < -0.39 is 12.1 Å². The fourth-order valence-electron chi connectivity index (χ4n) is 1.89. The summed E-state index contributed by atoms with van der Waals surface area (Å²) in [6, 6.07) is 8.38. The van der Waals surface area contributed by atoms with E-state index >= 15 is 0 Å². The first-order valence-corrected chi connectivity index (χ1v) is 6.35. The number of carbonyl (C=O) groups is 2. The van der Waals surface area contributed by atoms with Gasteiger partial charge in [0, 0.05) is 6.54 Å². The molecule has 21 heavy (non-hydrogen) atoms. The average molecular weight is 290 g/mol. The molecule has 1 atom stereocenters. The third kappa shape index (κ3) is 3.94. The molecule has 1 aliphatic heterocycles. The van der Waals surface area contributed by atoms with E-state index in [0.29, 0.717) is 17.9 Å². The van der Waals surface area contributed by atoms with Crippen LogP contribution in [0.15, 0.2) is 24.3 Å². The molecular formula is C14H14N2O5. The first-order chi connectivity index (χ1) is 10.1. The van der Waals surface area contributed by atoms with Gasteiger partial charge in [-0.25, -0.2) is 4.79 Å². The van der Waals surface area contributed by atoms with Crippen LogP contribution in [0.4, 0.5) is 0 Å². The summed E-state index contributed by atoms with van der Waals surface area (Å²) in [5, 5.41) is 17.5. The van der Waals surface area contributed by atoms with Crippen molar-refractivity contribution in [1.29, 1.82) is 5.26 Å². The van der Waals surface area contributed by atoms with Crippen LogP contribution in [0.3, 0.4) is 0 Å². The van der Waals surface area contributed by atoms with Crippen LogP contribution in [0.1, 0.15) is 5.56 Å². The van der Waals surface area contributed by atoms with Crippen molar-refractivity contribution >= 4 is 11.9 Å². The lowest BCUT2D eigenvalue weighted by Crippen LogP contribution is -2.49. The summed E-state index contributed by atoms with van der Waals surface area (Å²) in [6.45, 7) is 0.377. The van der Waals surface area contributed by atoms with Crippen LogP contribution >= 0.6 is 0 Å². The molecule has 0 saturated carbocycles. The Bertz CT molecular complexity index is 564. The van der Waals surface area contributed by atoms with Gasteiger partial charge in [0.15, 0.2) is 12.7 Å². The summed E-state index contributed by atoms with van der Waals surface area (Å²) < 4.78 is 10.4. The van der Waals surface area contributed by atoms with E-state index in [4.69, 9.17) is 19.8 Å². The zero-order valence-corrected chi connectivity index (χ0v) is 11.2. The third-order valence-electron chi connectivity index (χ3n) is 3.04. The monoisotopic (exact) mass is 290 g/mol. The van der Waals surface area contributed by atoms with Gasteiger partial charge in [-0.3, -0.25) is 4.79 Å². The standard InChI is InChI=1S/C14H14N2O5/c15-7-10-1-3-11(4-2-10)21-9-13(17)16-5-6-20-12(8-16)14(18)19/h1-4,12H,5-6,8-9H2,(H,18,19)/t12-/m0/s1. The van der Waals surface area contributed by atoms with Crippen molar-refractivity contribution in [2.45, 2.75) is 6.10 Å². The van der Waals surface area contributed by atoms with Crippen LogP contribution < -0.4 is 4.74 Å². The molecule has 1 saturated heterocycles. The number of carboxylic acid groups (broad SMARTS) is 1. The SMILES string of the molecule is N#Cc1ccc(OCC(=O)N2CCO[C@H](C(=O)O)C2)cc1. The third-order valence-corrected chi connectivity index (χ3v) is 3.04. The smallest absolute Gasteiger partial charge is 0.334 e. The van der Waals surface area contributed by atoms with Crippen molar-refractivity contribution in [3.05, 3.63) is 29.8 Å². The van der Waals surface area contributed by atoms with Crippen molar-refractivity contribution in [3.63, 3.8) is 0 Å². The number of aliphatic carboxylic acids is 1. The van der Waals surface area contributed by atoms with Crippen LogP contribution in [0.2, 0.25) is 0 Å². The summed E-state index contributed by atoms with van der Waals surface area (Å²) in [6.07, 6.45) is -0.988. The van der Waals surface area contributed by atoms with E-state index in [-0.39, 0.29) is 25.7 Å². The molecule has 2 rings (SSSR count). The summed E-state index contributed by atoms with van der Waals surface area (Å²) in [7, 11) is 0. The van der Waals surface area contributed by atoms with Gasteiger partial charge in [-0.2, -0.15) is 5.26 Å². The van der Waals surface area contributed by atoms with Gasteiger partial charge >= 0.3 is 5.97 Å². The van der Waals surface area contributed by atoms with E-state index in [0.717, 1.165) is 0 Å². The lowest BCUT2D eigenvalue weighted by atomic mass is 10.2. The van der Waals surface area contributed by atoms with Crippen molar-refractivity contribution in [2.24, 2.45) is 0 Å². The van der Waals surface area contributed by atoms with Gasteiger partial charge in [-0.1, -0.05) is 0 Å². The quantitative estimate of drug-likeness (QED) is 0.853. The molecule has 0 aliphatic carbocycles. The Morgan fingerprint density at radius 1 is 1.43 bits per heavy atom. The van der Waals surface area contributed by atoms with Gasteiger partial charge in [0.25, 0.3) is 5.91 Å². The van der Waals surface area contributed by atoms with Crippen molar-refractivity contribution in [1.82, 2.24) is 4.90 Å². The number of nitrogens with zero attached hydrogens (tertiary/aromatic N) is 2. The van der Waals surface area contributed by atoms with Gasteiger partial charge in [0.05, 0.1) is 24.8 Å². The predicted octanol–water partition coefficient (Wildman–Crippen LogP) is 0.249. The number of morpholine rings is 1. The van der Waals surface area contributed by atoms with Gasteiger partial charge in [-0.15, -0.1) is 0 Å². The van der Waals surface area contributed by atoms with E-state index in [1.165, 1.54) is 4.90 Å². The number of benzene rings is 1. The zero-order chi connectivity index (χ0) is 15.2. The second-order valence-electron chi connectivity index (χ2n) is 4.46. The number of hydrogen-bond acceptors (Lipinski definition) is 5. The van der Waals surface area contributed by atoms with Crippen molar-refractivity contribution in [2.75, 3.05) is 26.3 Å². The highest BCUT2D eigenvalue weighted by Crippen LogP contribution is 2.12. The highest BCUT2D eigenvalue weighted by atomic mass is 16.5. The molecule has 1 aromatic rings. The highest BCUT2D eigenvalue weighted by molar-refractivity contribution is 5.79. The zero-order valence-electron chi connectivity index (χ0n) is 11.2. The molecule has 1 amide bonds. The molecule has 0 spiro atoms. The number of ether oxygens (including phenoxy) is 2. The predicted molar refractivity (Wildman–Crippen MR) is 70.6 cm³/mol. The summed E-state index contributed by atoms with van der Waals surface area (Å²) in [5.74, 6) is -0.903. The molecule has 1 N–H and O–H groups in total. The van der Waals surface area contributed by atoms with E-state index in [1.807, 2.05) is 6.07 Å². The van der Waals surface area contributed by atoms with Gasteiger partial charge < -0.3 is 19.5 Å². The molecule has 0 aromatic heterocycles. The molecule has 0 bridgehead atoms. The average Bonchev–Trinajstić information content (AvgIpc) is 2.53. The first kappa shape index (κ1) is 14.8. The summed E-state index contributed by atoms with van der Waals surface area (Å²) in [5.41, 5.74) is 0.506. The number of nitriles is 1. The normalized spacial score (nSPS) is 17.9. The van der Waals surface area contributed by atoms with E-state index in [1.54, 1.807) is 24.3 Å². The minimum absolute atomic E-state index is 0.0187. The molecular weight excluding hydrogens is 276 g/mol. The van der Waals surface area contributed by atoms with E-state index in [9.17, 15) is 9.59 Å². The number of carboxylic acids is 1. The molecule has 7 heteroatoms. The Labute approximate surface area is 121 Å². The minimum atomic E-state index is -1.08. The molecule has 7 nitrogen and oxygen atoms in total. The largest absolute Gasteiger partial charge is 0.484 e. The number of hydrogen-bond donors (Lipinski definition) is 1. The molecule has 110 valence electrons. The van der Waals surface area contributed by atoms with Crippen LogP contribution in [0.25, 0.3) is 0 Å². The number of amides is 1. The molecule has 1 heterocycles. The van der Waals surface area contributed by atoms with Crippen LogP contribution in [0.5, 0.6) is 5.75 Å². The molecule has 1 aliphatic rings. The Kier molecular flexibility index (Phi) is 4.74. The van der Waals surface area contributed by atoms with Crippen molar-refractivity contribution in [3.8, 4) is 11.8 Å². The minimum Gasteiger partial charge on any atom is -0.484 e. The molecule has 1 fully saturated rings. The maximum atomic E-state index is 12.0. The second kappa shape index (κ2) is 6.72. The lowest BCUT2D eigenvalue weighted by Gasteiger charge is -2.30. The number of carbonyl (C=O) groups excluding carboxylic acids is 1. The van der Waals surface area contributed by atoms with Crippen LogP contribution in [-0.2, 0) is 14.3 Å². The lowest BCUT2D eigenvalue weighted by molar-refractivity contribution is -0.159. The van der Waals surface area contributed by atoms with E-state index in [2.05, 4.69) is 0 Å². The number of rotatable bonds is 4. The maximum absolute atomic E-state index is 12.0. The van der Waals surface area contributed by atoms with Gasteiger partial charge in [0.2, 0.25) is 0 Å².